The third-order valence-corrected chi connectivity index (χ3v) is 6.48. The zero-order valence-corrected chi connectivity index (χ0v) is 17.5. The molecule has 0 atom stereocenters. The molecule has 0 bridgehead atoms. The summed E-state index contributed by atoms with van der Waals surface area (Å²) in [5.74, 6) is 0.946. The van der Waals surface area contributed by atoms with Crippen LogP contribution in [0.5, 0.6) is 11.5 Å². The van der Waals surface area contributed by atoms with Gasteiger partial charge in [-0.15, -0.1) is 11.3 Å². The first kappa shape index (κ1) is 19.3. The summed E-state index contributed by atoms with van der Waals surface area (Å²) in [5, 5.41) is 5.41. The predicted molar refractivity (Wildman–Crippen MR) is 123 cm³/mol. The first-order valence-electron chi connectivity index (χ1n) is 9.85. The van der Waals surface area contributed by atoms with Gasteiger partial charge in [-0.25, -0.2) is 4.98 Å². The number of hydrogen-bond donors (Lipinski definition) is 1. The highest BCUT2D eigenvalue weighted by Crippen LogP contribution is 2.48. The Balaban J connectivity index is 1.49. The summed E-state index contributed by atoms with van der Waals surface area (Å²) in [6, 6.07) is 5.68. The molecule has 0 saturated carbocycles. The maximum Gasteiger partial charge on any atom is 0.242 e. The number of hydrogen-bond acceptors (Lipinski definition) is 5. The Labute approximate surface area is 184 Å². The SMILES string of the molecule is C=C1C=CC=CC2C=CC=CC(=C)C12C(=O)Nc1nc(-c2cccc3c2OCO3)cs1. The number of ether oxygens (including phenoxy) is 2. The van der Waals surface area contributed by atoms with Gasteiger partial charge in [-0.2, -0.15) is 0 Å². The van der Waals surface area contributed by atoms with Crippen molar-refractivity contribution in [2.24, 2.45) is 11.3 Å². The molecule has 5 rings (SSSR count). The van der Waals surface area contributed by atoms with Crippen LogP contribution in [0.3, 0.4) is 0 Å². The Bertz CT molecular complexity index is 1180. The number of amides is 1. The molecule has 2 aliphatic carbocycles. The zero-order valence-electron chi connectivity index (χ0n) is 16.7. The van der Waals surface area contributed by atoms with Crippen molar-refractivity contribution in [2.45, 2.75) is 0 Å². The molecule has 2 aromatic rings. The first-order chi connectivity index (χ1) is 15.1. The lowest BCUT2D eigenvalue weighted by Gasteiger charge is -2.37. The van der Waals surface area contributed by atoms with E-state index in [0.29, 0.717) is 27.8 Å². The average molecular weight is 429 g/mol. The van der Waals surface area contributed by atoms with Gasteiger partial charge >= 0.3 is 0 Å². The molecule has 1 aliphatic heterocycles. The number of aromatic nitrogens is 1. The molecule has 1 N–H and O–H groups in total. The van der Waals surface area contributed by atoms with E-state index in [2.05, 4.69) is 23.5 Å². The summed E-state index contributed by atoms with van der Waals surface area (Å²) in [6.07, 6.45) is 15.4. The molecule has 0 spiro atoms. The molecule has 31 heavy (non-hydrogen) atoms. The van der Waals surface area contributed by atoms with Crippen molar-refractivity contribution in [3.05, 3.63) is 96.5 Å². The maximum atomic E-state index is 13.7. The second-order valence-corrected chi connectivity index (χ2v) is 8.26. The fourth-order valence-electron chi connectivity index (χ4n) is 4.19. The van der Waals surface area contributed by atoms with Gasteiger partial charge in [-0.05, 0) is 23.3 Å². The number of rotatable bonds is 3. The summed E-state index contributed by atoms with van der Waals surface area (Å²) in [6.45, 7) is 8.62. The van der Waals surface area contributed by atoms with Crippen molar-refractivity contribution in [1.82, 2.24) is 4.98 Å². The van der Waals surface area contributed by atoms with E-state index in [-0.39, 0.29) is 18.6 Å². The molecule has 0 unspecified atom stereocenters. The Morgan fingerprint density at radius 2 is 1.84 bits per heavy atom. The molecule has 2 heterocycles. The van der Waals surface area contributed by atoms with E-state index < -0.39 is 5.41 Å². The van der Waals surface area contributed by atoms with Crippen LogP contribution in [0.2, 0.25) is 0 Å². The Kier molecular flexibility index (Phi) is 4.71. The molecule has 5 nitrogen and oxygen atoms in total. The van der Waals surface area contributed by atoms with Crippen molar-refractivity contribution < 1.29 is 14.3 Å². The fourth-order valence-corrected chi connectivity index (χ4v) is 4.89. The molecule has 154 valence electrons. The number of carbonyl (C=O) groups is 1. The highest BCUT2D eigenvalue weighted by molar-refractivity contribution is 7.14. The van der Waals surface area contributed by atoms with Gasteiger partial charge in [-0.3, -0.25) is 4.79 Å². The molecule has 6 heteroatoms. The third kappa shape index (κ3) is 3.07. The number of allylic oxidation sites excluding steroid dienone is 8. The highest BCUT2D eigenvalue weighted by Gasteiger charge is 2.48. The number of anilines is 1. The molecular formula is C25H20N2O3S. The van der Waals surface area contributed by atoms with Crippen molar-refractivity contribution in [3.63, 3.8) is 0 Å². The molecular weight excluding hydrogens is 408 g/mol. The van der Waals surface area contributed by atoms with Crippen LogP contribution >= 0.6 is 11.3 Å². The van der Waals surface area contributed by atoms with E-state index in [1.807, 2.05) is 72.2 Å². The van der Waals surface area contributed by atoms with Gasteiger partial charge in [0.25, 0.3) is 0 Å². The number of fused-ring (bicyclic) bond motifs is 2. The smallest absolute Gasteiger partial charge is 0.242 e. The number of benzene rings is 1. The minimum atomic E-state index is -1.02. The summed E-state index contributed by atoms with van der Waals surface area (Å²) < 4.78 is 11.1. The summed E-state index contributed by atoms with van der Waals surface area (Å²) in [7, 11) is 0. The Hall–Kier alpha value is -3.64. The minimum absolute atomic E-state index is 0.191. The second kappa shape index (κ2) is 7.56. The number of para-hydroxylation sites is 1. The van der Waals surface area contributed by atoms with Crippen LogP contribution in [0.1, 0.15) is 0 Å². The van der Waals surface area contributed by atoms with Crippen LogP contribution < -0.4 is 14.8 Å². The number of carbonyl (C=O) groups excluding carboxylic acids is 1. The molecule has 0 fully saturated rings. The van der Waals surface area contributed by atoms with Crippen LogP contribution in [0.15, 0.2) is 96.5 Å². The Morgan fingerprint density at radius 1 is 1.10 bits per heavy atom. The van der Waals surface area contributed by atoms with Crippen LogP contribution in [0.25, 0.3) is 11.3 Å². The van der Waals surface area contributed by atoms with Crippen molar-refractivity contribution in [2.75, 3.05) is 12.1 Å². The maximum absolute atomic E-state index is 13.7. The van der Waals surface area contributed by atoms with Crippen molar-refractivity contribution in [1.29, 1.82) is 0 Å². The summed E-state index contributed by atoms with van der Waals surface area (Å²) in [5.41, 5.74) is 1.89. The van der Waals surface area contributed by atoms with E-state index in [9.17, 15) is 4.79 Å². The quantitative estimate of drug-likeness (QED) is 0.707. The lowest BCUT2D eigenvalue weighted by molar-refractivity contribution is -0.122. The van der Waals surface area contributed by atoms with Gasteiger partial charge in [0.05, 0.1) is 5.69 Å². The fraction of sp³-hybridized carbons (Fsp3) is 0.120. The largest absolute Gasteiger partial charge is 0.454 e. The molecule has 0 radical (unpaired) electrons. The van der Waals surface area contributed by atoms with Gasteiger partial charge in [-0.1, -0.05) is 67.8 Å². The topological polar surface area (TPSA) is 60.5 Å². The normalized spacial score (nSPS) is 23.4. The van der Waals surface area contributed by atoms with Gasteiger partial charge < -0.3 is 14.8 Å². The van der Waals surface area contributed by atoms with Crippen LogP contribution in [0.4, 0.5) is 5.13 Å². The van der Waals surface area contributed by atoms with E-state index in [0.717, 1.165) is 11.3 Å². The molecule has 0 saturated heterocycles. The van der Waals surface area contributed by atoms with Crippen LogP contribution in [0, 0.1) is 11.3 Å². The van der Waals surface area contributed by atoms with Gasteiger partial charge in [0.1, 0.15) is 5.41 Å². The zero-order chi connectivity index (χ0) is 21.4. The number of nitrogens with zero attached hydrogens (tertiary/aromatic N) is 1. The molecule has 1 amide bonds. The number of thiazole rings is 1. The van der Waals surface area contributed by atoms with E-state index in [4.69, 9.17) is 9.47 Å². The third-order valence-electron chi connectivity index (χ3n) is 5.72. The predicted octanol–water partition coefficient (Wildman–Crippen LogP) is 5.44. The van der Waals surface area contributed by atoms with E-state index in [1.165, 1.54) is 11.3 Å². The highest BCUT2D eigenvalue weighted by atomic mass is 32.1. The number of nitrogens with one attached hydrogen (secondary N) is 1. The van der Waals surface area contributed by atoms with Crippen LogP contribution in [-0.2, 0) is 4.79 Å². The summed E-state index contributed by atoms with van der Waals surface area (Å²) >= 11 is 1.36. The Morgan fingerprint density at radius 3 is 2.58 bits per heavy atom. The summed E-state index contributed by atoms with van der Waals surface area (Å²) in [4.78, 5) is 18.4. The molecule has 1 aromatic carbocycles. The first-order valence-corrected chi connectivity index (χ1v) is 10.7. The minimum Gasteiger partial charge on any atom is -0.454 e. The van der Waals surface area contributed by atoms with Gasteiger partial charge in [0, 0.05) is 16.9 Å². The molecule has 1 aromatic heterocycles. The van der Waals surface area contributed by atoms with Crippen molar-refractivity contribution >= 4 is 22.4 Å². The standard InChI is InChI=1S/C25H20N2O3S/c1-16-8-3-5-10-18-11-6-4-9-17(2)25(16,18)23(28)27-24-26-20(14-31-24)19-12-7-13-21-22(19)30-15-29-21/h3-14,18H,1-2,15H2,(H,26,27,28). The van der Waals surface area contributed by atoms with Crippen molar-refractivity contribution in [3.8, 4) is 22.8 Å². The monoisotopic (exact) mass is 428 g/mol. The van der Waals surface area contributed by atoms with Crippen LogP contribution in [-0.4, -0.2) is 17.7 Å². The lowest BCUT2D eigenvalue weighted by atomic mass is 9.65. The van der Waals surface area contributed by atoms with E-state index >= 15 is 0 Å². The second-order valence-electron chi connectivity index (χ2n) is 7.40. The average Bonchev–Trinajstić information content (AvgIpc) is 3.35. The lowest BCUT2D eigenvalue weighted by Crippen LogP contribution is -2.43. The molecule has 3 aliphatic rings. The van der Waals surface area contributed by atoms with E-state index in [1.54, 1.807) is 0 Å². The van der Waals surface area contributed by atoms with Gasteiger partial charge in [0.2, 0.25) is 12.7 Å². The van der Waals surface area contributed by atoms with Gasteiger partial charge in [0.15, 0.2) is 16.6 Å².